The third-order valence-electron chi connectivity index (χ3n) is 3.71. The SMILES string of the molecule is CCN(C[C@H]1CCCO1)C(=O)NCc1ccc(OC(F)F)cc1. The van der Waals surface area contributed by atoms with Gasteiger partial charge in [-0.3, -0.25) is 0 Å². The third-order valence-corrected chi connectivity index (χ3v) is 3.71. The number of ether oxygens (including phenoxy) is 2. The fraction of sp³-hybridized carbons (Fsp3) is 0.562. The monoisotopic (exact) mass is 328 g/mol. The van der Waals surface area contributed by atoms with E-state index in [1.807, 2.05) is 6.92 Å². The standard InChI is InChI=1S/C16H22F2N2O3/c1-2-20(11-14-4-3-9-22-14)16(21)19-10-12-5-7-13(8-6-12)23-15(17)18/h5-8,14-15H,2-4,9-11H2,1H3,(H,19,21)/t14-/m1/s1. The molecule has 1 aromatic carbocycles. The number of alkyl halides is 2. The van der Waals surface area contributed by atoms with Crippen molar-refractivity contribution < 1.29 is 23.0 Å². The van der Waals surface area contributed by atoms with Crippen molar-refractivity contribution in [2.75, 3.05) is 19.7 Å². The number of halogens is 2. The summed E-state index contributed by atoms with van der Waals surface area (Å²) in [4.78, 5) is 13.9. The second kappa shape index (κ2) is 8.67. The number of carbonyl (C=O) groups excluding carboxylic acids is 1. The van der Waals surface area contributed by atoms with Crippen LogP contribution in [0.25, 0.3) is 0 Å². The van der Waals surface area contributed by atoms with Crippen LogP contribution in [0.3, 0.4) is 0 Å². The van der Waals surface area contributed by atoms with Crippen molar-refractivity contribution in [1.82, 2.24) is 10.2 Å². The highest BCUT2D eigenvalue weighted by Crippen LogP contribution is 2.15. The van der Waals surface area contributed by atoms with E-state index in [0.717, 1.165) is 25.0 Å². The maximum Gasteiger partial charge on any atom is 0.387 e. The van der Waals surface area contributed by atoms with Crippen LogP contribution in [-0.4, -0.2) is 43.3 Å². The maximum absolute atomic E-state index is 12.2. The zero-order valence-corrected chi connectivity index (χ0v) is 13.1. The van der Waals surface area contributed by atoms with E-state index in [2.05, 4.69) is 10.1 Å². The van der Waals surface area contributed by atoms with E-state index in [9.17, 15) is 13.6 Å². The Hall–Kier alpha value is -1.89. The lowest BCUT2D eigenvalue weighted by molar-refractivity contribution is -0.0498. The van der Waals surface area contributed by atoms with Gasteiger partial charge in [-0.05, 0) is 37.5 Å². The lowest BCUT2D eigenvalue weighted by Crippen LogP contribution is -2.43. The van der Waals surface area contributed by atoms with E-state index in [1.54, 1.807) is 17.0 Å². The summed E-state index contributed by atoms with van der Waals surface area (Å²) in [5.41, 5.74) is 0.813. The summed E-state index contributed by atoms with van der Waals surface area (Å²) in [5, 5.41) is 2.83. The van der Waals surface area contributed by atoms with Crippen molar-refractivity contribution in [2.24, 2.45) is 0 Å². The highest BCUT2D eigenvalue weighted by molar-refractivity contribution is 5.74. The van der Waals surface area contributed by atoms with Gasteiger partial charge in [0.25, 0.3) is 0 Å². The van der Waals surface area contributed by atoms with E-state index in [1.165, 1.54) is 12.1 Å². The summed E-state index contributed by atoms with van der Waals surface area (Å²) < 4.78 is 34.0. The summed E-state index contributed by atoms with van der Waals surface area (Å²) in [5.74, 6) is 0.101. The predicted octanol–water partition coefficient (Wildman–Crippen LogP) is 3.00. The van der Waals surface area contributed by atoms with Gasteiger partial charge >= 0.3 is 12.6 Å². The summed E-state index contributed by atoms with van der Waals surface area (Å²) in [7, 11) is 0. The van der Waals surface area contributed by atoms with Gasteiger partial charge in [-0.1, -0.05) is 12.1 Å². The first kappa shape index (κ1) is 17.5. The van der Waals surface area contributed by atoms with E-state index in [-0.39, 0.29) is 17.9 Å². The summed E-state index contributed by atoms with van der Waals surface area (Å²) in [6, 6.07) is 6.05. The Labute approximate surface area is 134 Å². The van der Waals surface area contributed by atoms with E-state index in [0.29, 0.717) is 19.6 Å². The summed E-state index contributed by atoms with van der Waals surface area (Å²) >= 11 is 0. The molecule has 1 atom stereocenters. The molecule has 1 aliphatic heterocycles. The molecule has 0 aromatic heterocycles. The lowest BCUT2D eigenvalue weighted by Gasteiger charge is -2.24. The highest BCUT2D eigenvalue weighted by Gasteiger charge is 2.21. The molecule has 2 rings (SSSR count). The molecule has 0 spiro atoms. The Morgan fingerprint density at radius 2 is 2.17 bits per heavy atom. The maximum atomic E-state index is 12.2. The quantitative estimate of drug-likeness (QED) is 0.837. The molecule has 128 valence electrons. The van der Waals surface area contributed by atoms with Gasteiger partial charge < -0.3 is 19.7 Å². The molecule has 23 heavy (non-hydrogen) atoms. The van der Waals surface area contributed by atoms with Crippen molar-refractivity contribution in [3.63, 3.8) is 0 Å². The van der Waals surface area contributed by atoms with Crippen LogP contribution in [0, 0.1) is 0 Å². The van der Waals surface area contributed by atoms with Crippen molar-refractivity contribution in [2.45, 2.75) is 39.0 Å². The molecule has 0 saturated carbocycles. The fourth-order valence-corrected chi connectivity index (χ4v) is 2.47. The zero-order chi connectivity index (χ0) is 16.7. The van der Waals surface area contributed by atoms with Crippen LogP contribution in [0.2, 0.25) is 0 Å². The van der Waals surface area contributed by atoms with Crippen molar-refractivity contribution in [1.29, 1.82) is 0 Å². The smallest absolute Gasteiger partial charge is 0.387 e. The van der Waals surface area contributed by atoms with Gasteiger partial charge in [0, 0.05) is 26.2 Å². The van der Waals surface area contributed by atoms with Crippen LogP contribution in [0.15, 0.2) is 24.3 Å². The number of urea groups is 1. The minimum Gasteiger partial charge on any atom is -0.435 e. The predicted molar refractivity (Wildman–Crippen MR) is 81.5 cm³/mol. The largest absolute Gasteiger partial charge is 0.435 e. The molecule has 1 aromatic rings. The number of amides is 2. The molecule has 0 aliphatic carbocycles. The normalized spacial score (nSPS) is 17.3. The second-order valence-electron chi connectivity index (χ2n) is 5.35. The number of nitrogens with zero attached hydrogens (tertiary/aromatic N) is 1. The number of benzene rings is 1. The van der Waals surface area contributed by atoms with Crippen LogP contribution in [-0.2, 0) is 11.3 Å². The zero-order valence-electron chi connectivity index (χ0n) is 13.1. The van der Waals surface area contributed by atoms with Gasteiger partial charge in [-0.25, -0.2) is 4.79 Å². The topological polar surface area (TPSA) is 50.8 Å². The van der Waals surface area contributed by atoms with E-state index in [4.69, 9.17) is 4.74 Å². The van der Waals surface area contributed by atoms with Crippen molar-refractivity contribution in [3.05, 3.63) is 29.8 Å². The summed E-state index contributed by atoms with van der Waals surface area (Å²) in [6.07, 6.45) is 2.14. The van der Waals surface area contributed by atoms with Gasteiger partial charge in [0.2, 0.25) is 0 Å². The molecule has 1 N–H and O–H groups in total. The molecule has 0 unspecified atom stereocenters. The van der Waals surface area contributed by atoms with Crippen LogP contribution in [0.4, 0.5) is 13.6 Å². The average molecular weight is 328 g/mol. The molecule has 0 radical (unpaired) electrons. The van der Waals surface area contributed by atoms with Gasteiger partial charge in [0.05, 0.1) is 6.10 Å². The second-order valence-corrected chi connectivity index (χ2v) is 5.35. The number of hydrogen-bond acceptors (Lipinski definition) is 3. The molecule has 7 heteroatoms. The van der Waals surface area contributed by atoms with Crippen LogP contribution >= 0.6 is 0 Å². The van der Waals surface area contributed by atoms with Gasteiger partial charge in [0.1, 0.15) is 5.75 Å². The van der Waals surface area contributed by atoms with Crippen LogP contribution in [0.5, 0.6) is 5.75 Å². The number of hydrogen-bond donors (Lipinski definition) is 1. The minimum absolute atomic E-state index is 0.101. The molecule has 0 bridgehead atoms. The first-order valence-electron chi connectivity index (χ1n) is 7.76. The Kier molecular flexibility index (Phi) is 6.58. The number of nitrogens with one attached hydrogen (secondary N) is 1. The van der Waals surface area contributed by atoms with Crippen LogP contribution < -0.4 is 10.1 Å². The molecule has 1 saturated heterocycles. The van der Waals surface area contributed by atoms with Gasteiger partial charge in [0.15, 0.2) is 0 Å². The average Bonchev–Trinajstić information content (AvgIpc) is 3.04. The minimum atomic E-state index is -2.84. The van der Waals surface area contributed by atoms with Crippen molar-refractivity contribution in [3.8, 4) is 5.75 Å². The van der Waals surface area contributed by atoms with E-state index < -0.39 is 6.61 Å². The highest BCUT2D eigenvalue weighted by atomic mass is 19.3. The van der Waals surface area contributed by atoms with Crippen LogP contribution in [0.1, 0.15) is 25.3 Å². The first-order chi connectivity index (χ1) is 11.1. The lowest BCUT2D eigenvalue weighted by atomic mass is 10.2. The molecule has 5 nitrogen and oxygen atoms in total. The van der Waals surface area contributed by atoms with Crippen molar-refractivity contribution >= 4 is 6.03 Å². The molecular weight excluding hydrogens is 306 g/mol. The Morgan fingerprint density at radius 1 is 1.43 bits per heavy atom. The molecule has 1 aliphatic rings. The number of likely N-dealkylation sites (N-methyl/N-ethyl adjacent to an activating group) is 1. The van der Waals surface area contributed by atoms with Gasteiger partial charge in [-0.15, -0.1) is 0 Å². The Morgan fingerprint density at radius 3 is 2.74 bits per heavy atom. The Bertz CT molecular complexity index is 491. The molecule has 1 heterocycles. The third kappa shape index (κ3) is 5.67. The fourth-order valence-electron chi connectivity index (χ4n) is 2.47. The first-order valence-corrected chi connectivity index (χ1v) is 7.76. The summed E-state index contributed by atoms with van der Waals surface area (Å²) in [6.45, 7) is 1.37. The molecular formula is C16H22F2N2O3. The van der Waals surface area contributed by atoms with Gasteiger partial charge in [-0.2, -0.15) is 8.78 Å². The Balaban J connectivity index is 1.79. The number of rotatable bonds is 7. The molecule has 2 amide bonds. The number of carbonyl (C=O) groups is 1. The van der Waals surface area contributed by atoms with E-state index >= 15 is 0 Å². The molecule has 1 fully saturated rings.